The van der Waals surface area contributed by atoms with Crippen molar-refractivity contribution in [1.29, 1.82) is 0 Å². The Morgan fingerprint density at radius 3 is 2.00 bits per heavy atom. The summed E-state index contributed by atoms with van der Waals surface area (Å²) < 4.78 is 28.5. The molecule has 2 amide bonds. The van der Waals surface area contributed by atoms with Gasteiger partial charge in [0.25, 0.3) is 11.8 Å². The van der Waals surface area contributed by atoms with E-state index in [4.69, 9.17) is 21.5 Å². The number of rotatable bonds is 6. The van der Waals surface area contributed by atoms with Crippen LogP contribution in [0.15, 0.2) is 94.5 Å². The number of benzene rings is 3. The second kappa shape index (κ2) is 8.46. The van der Waals surface area contributed by atoms with Gasteiger partial charge in [0.2, 0.25) is 10.0 Å². The number of nitrogens with two attached hydrogens (primary N) is 1. The lowest BCUT2D eigenvalue weighted by molar-refractivity contribution is -0.120. The fourth-order valence-corrected chi connectivity index (χ4v) is 3.73. The number of nitrogens with zero attached hydrogens (tertiary/aromatic N) is 1. The van der Waals surface area contributed by atoms with Crippen LogP contribution in [0.1, 0.15) is 0 Å². The molecule has 0 radical (unpaired) electrons. The highest BCUT2D eigenvalue weighted by atomic mass is 35.5. The molecule has 0 saturated carbocycles. The summed E-state index contributed by atoms with van der Waals surface area (Å²) in [4.78, 5) is 26.4. The van der Waals surface area contributed by atoms with Crippen LogP contribution < -0.4 is 20.1 Å². The van der Waals surface area contributed by atoms with Crippen LogP contribution in [0.5, 0.6) is 11.5 Å². The summed E-state index contributed by atoms with van der Waals surface area (Å²) in [5.41, 5.74) is 0.560. The van der Waals surface area contributed by atoms with E-state index in [1.54, 1.807) is 36.4 Å². The maximum Gasteiger partial charge on any atom is 0.283 e. The monoisotopic (exact) mass is 469 g/mol. The Kier molecular flexibility index (Phi) is 5.70. The SMILES string of the molecule is NS(=O)(=O)c1ccc(NC2=C(Cl)C(=O)N(c3ccc(Oc4ccccc4)cc3)C2=O)cc1. The van der Waals surface area contributed by atoms with Gasteiger partial charge in [0.05, 0.1) is 10.6 Å². The van der Waals surface area contributed by atoms with Crippen molar-refractivity contribution in [3.8, 4) is 11.5 Å². The van der Waals surface area contributed by atoms with E-state index in [1.807, 2.05) is 18.2 Å². The zero-order chi connectivity index (χ0) is 22.9. The number of hydrogen-bond acceptors (Lipinski definition) is 6. The molecule has 1 aliphatic heterocycles. The maximum atomic E-state index is 12.9. The maximum absolute atomic E-state index is 12.9. The Labute approximate surface area is 188 Å². The molecule has 0 spiro atoms. The Morgan fingerprint density at radius 1 is 0.812 bits per heavy atom. The van der Waals surface area contributed by atoms with Gasteiger partial charge in [-0.15, -0.1) is 0 Å². The van der Waals surface area contributed by atoms with Gasteiger partial charge in [-0.05, 0) is 60.7 Å². The average Bonchev–Trinajstić information content (AvgIpc) is 2.98. The van der Waals surface area contributed by atoms with Crippen molar-refractivity contribution in [3.05, 3.63) is 89.6 Å². The average molecular weight is 470 g/mol. The van der Waals surface area contributed by atoms with Gasteiger partial charge in [0.1, 0.15) is 22.2 Å². The first kappa shape index (κ1) is 21.6. The van der Waals surface area contributed by atoms with Gasteiger partial charge >= 0.3 is 0 Å². The normalized spacial score (nSPS) is 14.1. The molecule has 1 aliphatic rings. The van der Waals surface area contributed by atoms with Crippen molar-refractivity contribution >= 4 is 44.8 Å². The molecule has 3 aromatic rings. The Morgan fingerprint density at radius 2 is 1.41 bits per heavy atom. The highest BCUT2D eigenvalue weighted by molar-refractivity contribution is 7.89. The topological polar surface area (TPSA) is 119 Å². The van der Waals surface area contributed by atoms with Crippen molar-refractivity contribution in [2.45, 2.75) is 4.90 Å². The standard InChI is InChI=1S/C22H16ClN3O5S/c23-19-20(25-14-6-12-18(13-7-14)32(24,29)30)22(28)26(21(19)27)15-8-10-17(11-9-15)31-16-4-2-1-3-5-16/h1-13,25H,(H2,24,29,30). The first-order valence-electron chi connectivity index (χ1n) is 9.25. The minimum Gasteiger partial charge on any atom is -0.457 e. The van der Waals surface area contributed by atoms with Crippen molar-refractivity contribution in [2.75, 3.05) is 10.2 Å². The number of para-hydroxylation sites is 1. The van der Waals surface area contributed by atoms with Gasteiger partial charge in [-0.3, -0.25) is 9.59 Å². The van der Waals surface area contributed by atoms with E-state index in [-0.39, 0.29) is 15.6 Å². The van der Waals surface area contributed by atoms with E-state index < -0.39 is 21.8 Å². The number of carbonyl (C=O) groups is 2. The number of amides is 2. The number of sulfonamides is 1. The molecule has 0 fully saturated rings. The third-order valence-electron chi connectivity index (χ3n) is 4.55. The third-order valence-corrected chi connectivity index (χ3v) is 5.83. The first-order chi connectivity index (χ1) is 15.2. The molecule has 1 heterocycles. The number of hydrogen-bond donors (Lipinski definition) is 2. The number of nitrogens with one attached hydrogen (secondary N) is 1. The molecule has 3 aromatic carbocycles. The summed E-state index contributed by atoms with van der Waals surface area (Å²) in [5, 5.41) is 7.56. The zero-order valence-corrected chi connectivity index (χ0v) is 17.9. The second-order valence-electron chi connectivity index (χ2n) is 6.74. The molecular weight excluding hydrogens is 454 g/mol. The van der Waals surface area contributed by atoms with Gasteiger partial charge in [0, 0.05) is 5.69 Å². The number of halogens is 1. The molecule has 0 saturated heterocycles. The summed E-state index contributed by atoms with van der Waals surface area (Å²) in [6, 6.07) is 20.9. The van der Waals surface area contributed by atoms with E-state index in [1.165, 1.54) is 24.3 Å². The van der Waals surface area contributed by atoms with Crippen LogP contribution in [0.3, 0.4) is 0 Å². The quantitative estimate of drug-likeness (QED) is 0.533. The lowest BCUT2D eigenvalue weighted by Gasteiger charge is -2.16. The number of ether oxygens (including phenoxy) is 1. The summed E-state index contributed by atoms with van der Waals surface area (Å²) in [6.45, 7) is 0. The summed E-state index contributed by atoms with van der Waals surface area (Å²) in [7, 11) is -3.85. The zero-order valence-electron chi connectivity index (χ0n) is 16.4. The van der Waals surface area contributed by atoms with Crippen molar-refractivity contribution in [2.24, 2.45) is 5.14 Å². The molecule has 10 heteroatoms. The number of imide groups is 1. The van der Waals surface area contributed by atoms with E-state index in [0.717, 1.165) is 4.90 Å². The lowest BCUT2D eigenvalue weighted by Crippen LogP contribution is -2.32. The lowest BCUT2D eigenvalue weighted by atomic mass is 10.2. The molecular formula is C22H16ClN3O5S. The largest absolute Gasteiger partial charge is 0.457 e. The Hall–Kier alpha value is -3.66. The molecule has 162 valence electrons. The molecule has 0 unspecified atom stereocenters. The second-order valence-corrected chi connectivity index (χ2v) is 8.68. The van der Waals surface area contributed by atoms with Crippen molar-refractivity contribution < 1.29 is 22.7 Å². The molecule has 4 rings (SSSR count). The van der Waals surface area contributed by atoms with Crippen LogP contribution in [-0.2, 0) is 19.6 Å². The highest BCUT2D eigenvalue weighted by Gasteiger charge is 2.39. The van der Waals surface area contributed by atoms with E-state index >= 15 is 0 Å². The first-order valence-corrected chi connectivity index (χ1v) is 11.2. The van der Waals surface area contributed by atoms with Crippen LogP contribution in [0.25, 0.3) is 0 Å². The molecule has 0 atom stereocenters. The van der Waals surface area contributed by atoms with Gasteiger partial charge in [-0.2, -0.15) is 0 Å². The van der Waals surface area contributed by atoms with E-state index in [0.29, 0.717) is 22.9 Å². The summed E-state index contributed by atoms with van der Waals surface area (Å²) >= 11 is 6.13. The highest BCUT2D eigenvalue weighted by Crippen LogP contribution is 2.32. The van der Waals surface area contributed by atoms with Crippen LogP contribution in [0.4, 0.5) is 11.4 Å². The van der Waals surface area contributed by atoms with Crippen LogP contribution >= 0.6 is 11.6 Å². The van der Waals surface area contributed by atoms with E-state index in [2.05, 4.69) is 5.32 Å². The summed E-state index contributed by atoms with van der Waals surface area (Å²) in [6.07, 6.45) is 0. The van der Waals surface area contributed by atoms with Gasteiger partial charge in [-0.25, -0.2) is 18.5 Å². The predicted octanol–water partition coefficient (Wildman–Crippen LogP) is 3.56. The number of anilines is 2. The van der Waals surface area contributed by atoms with Crippen LogP contribution in [0, 0.1) is 0 Å². The summed E-state index contributed by atoms with van der Waals surface area (Å²) in [5.74, 6) is -0.145. The molecule has 32 heavy (non-hydrogen) atoms. The Balaban J connectivity index is 1.51. The third kappa shape index (κ3) is 4.35. The molecule has 0 aromatic heterocycles. The molecule has 8 nitrogen and oxygen atoms in total. The minimum atomic E-state index is -3.85. The number of carbonyl (C=O) groups excluding carboxylic acids is 2. The molecule has 3 N–H and O–H groups in total. The predicted molar refractivity (Wildman–Crippen MR) is 120 cm³/mol. The minimum absolute atomic E-state index is 0.0867. The molecule has 0 aliphatic carbocycles. The fraction of sp³-hybridized carbons (Fsp3) is 0. The van der Waals surface area contributed by atoms with Crippen molar-refractivity contribution in [3.63, 3.8) is 0 Å². The van der Waals surface area contributed by atoms with Crippen LogP contribution in [0.2, 0.25) is 0 Å². The van der Waals surface area contributed by atoms with Gasteiger partial charge in [0.15, 0.2) is 0 Å². The van der Waals surface area contributed by atoms with Crippen LogP contribution in [-0.4, -0.2) is 20.2 Å². The Bertz CT molecular complexity index is 1320. The van der Waals surface area contributed by atoms with E-state index in [9.17, 15) is 18.0 Å². The fourth-order valence-electron chi connectivity index (χ4n) is 3.01. The molecule has 0 bridgehead atoms. The van der Waals surface area contributed by atoms with Gasteiger partial charge in [-0.1, -0.05) is 29.8 Å². The number of primary sulfonamides is 1. The van der Waals surface area contributed by atoms with Crippen molar-refractivity contribution in [1.82, 2.24) is 0 Å². The smallest absolute Gasteiger partial charge is 0.283 e. The van der Waals surface area contributed by atoms with Gasteiger partial charge < -0.3 is 10.1 Å².